The molecule has 1 amide bonds. The first kappa shape index (κ1) is 15.2. The third kappa shape index (κ3) is 3.73. The number of benzene rings is 1. The minimum absolute atomic E-state index is 0.141. The number of nitrogens with zero attached hydrogens (tertiary/aromatic N) is 2. The zero-order chi connectivity index (χ0) is 16.2. The number of hydrogen-bond donors (Lipinski definition) is 1. The summed E-state index contributed by atoms with van der Waals surface area (Å²) in [5, 5.41) is 5.03. The molecule has 0 atom stereocenters. The smallest absolute Gasteiger partial charge is 0.258 e. The molecule has 116 valence electrons. The van der Waals surface area contributed by atoms with Gasteiger partial charge < -0.3 is 4.57 Å². The van der Waals surface area contributed by atoms with E-state index < -0.39 is 0 Å². The molecule has 0 saturated heterocycles. The minimum Gasteiger partial charge on any atom is -0.310 e. The van der Waals surface area contributed by atoms with Crippen LogP contribution in [0.3, 0.4) is 0 Å². The second-order valence-electron chi connectivity index (χ2n) is 5.16. The highest BCUT2D eigenvalue weighted by Crippen LogP contribution is 2.12. The molecule has 3 aromatic rings. The Balaban J connectivity index is 1.84. The Morgan fingerprint density at radius 2 is 2.17 bits per heavy atom. The van der Waals surface area contributed by atoms with E-state index in [-0.39, 0.29) is 11.5 Å². The van der Waals surface area contributed by atoms with Crippen LogP contribution in [0.2, 0.25) is 0 Å². The summed E-state index contributed by atoms with van der Waals surface area (Å²) in [6, 6.07) is 10.9. The maximum atomic E-state index is 12.2. The molecule has 1 N–H and O–H groups in total. The van der Waals surface area contributed by atoms with E-state index in [1.807, 2.05) is 31.2 Å². The number of nitrogens with one attached hydrogen (secondary N) is 1. The first-order chi connectivity index (χ1) is 11.1. The second-order valence-corrected chi connectivity index (χ2v) is 6.06. The van der Waals surface area contributed by atoms with E-state index >= 15 is 0 Å². The number of aromatic nitrogens is 2. The lowest BCUT2D eigenvalue weighted by molar-refractivity contribution is 0.102. The molecule has 1 aromatic carbocycles. The van der Waals surface area contributed by atoms with Gasteiger partial charge in [0.1, 0.15) is 0 Å². The van der Waals surface area contributed by atoms with Crippen LogP contribution in [0.25, 0.3) is 0 Å². The van der Waals surface area contributed by atoms with E-state index in [2.05, 4.69) is 10.3 Å². The zero-order valence-electron chi connectivity index (χ0n) is 12.5. The first-order valence-corrected chi connectivity index (χ1v) is 7.97. The summed E-state index contributed by atoms with van der Waals surface area (Å²) in [7, 11) is 0. The van der Waals surface area contributed by atoms with Crippen molar-refractivity contribution in [3.63, 3.8) is 0 Å². The SMILES string of the molecule is Cc1cccc(Cn2cc(C(=O)Nc3nccs3)ccc2=O)c1. The van der Waals surface area contributed by atoms with E-state index in [1.54, 1.807) is 17.8 Å². The average molecular weight is 325 g/mol. The number of carbonyl (C=O) groups excluding carboxylic acids is 1. The molecule has 0 fully saturated rings. The lowest BCUT2D eigenvalue weighted by Crippen LogP contribution is -2.22. The van der Waals surface area contributed by atoms with Crippen molar-refractivity contribution in [1.82, 2.24) is 9.55 Å². The maximum absolute atomic E-state index is 12.2. The van der Waals surface area contributed by atoms with Gasteiger partial charge in [0, 0.05) is 23.8 Å². The van der Waals surface area contributed by atoms with Crippen molar-refractivity contribution in [2.75, 3.05) is 5.32 Å². The van der Waals surface area contributed by atoms with Crippen LogP contribution in [0, 0.1) is 6.92 Å². The van der Waals surface area contributed by atoms with Crippen molar-refractivity contribution in [2.45, 2.75) is 13.5 Å². The number of rotatable bonds is 4. The summed E-state index contributed by atoms with van der Waals surface area (Å²) in [5.74, 6) is -0.280. The van der Waals surface area contributed by atoms with Crippen LogP contribution in [-0.2, 0) is 6.54 Å². The van der Waals surface area contributed by atoms with Gasteiger partial charge in [-0.05, 0) is 18.6 Å². The van der Waals surface area contributed by atoms with Gasteiger partial charge in [0.25, 0.3) is 11.5 Å². The van der Waals surface area contributed by atoms with E-state index in [1.165, 1.54) is 28.0 Å². The molecule has 2 aromatic heterocycles. The fourth-order valence-corrected chi connectivity index (χ4v) is 2.77. The topological polar surface area (TPSA) is 64.0 Å². The Hall–Kier alpha value is -2.73. The number of hydrogen-bond acceptors (Lipinski definition) is 4. The van der Waals surface area contributed by atoms with Gasteiger partial charge in [-0.3, -0.25) is 14.9 Å². The first-order valence-electron chi connectivity index (χ1n) is 7.09. The molecule has 0 aliphatic heterocycles. The Morgan fingerprint density at radius 3 is 2.91 bits per heavy atom. The van der Waals surface area contributed by atoms with Gasteiger partial charge in [0.15, 0.2) is 5.13 Å². The van der Waals surface area contributed by atoms with Crippen LogP contribution < -0.4 is 10.9 Å². The highest BCUT2D eigenvalue weighted by atomic mass is 32.1. The Kier molecular flexibility index (Phi) is 4.34. The van der Waals surface area contributed by atoms with Crippen LogP contribution in [0.5, 0.6) is 0 Å². The van der Waals surface area contributed by atoms with E-state index in [0.29, 0.717) is 17.2 Å². The number of anilines is 1. The number of carbonyl (C=O) groups is 1. The molecule has 2 heterocycles. The third-order valence-corrected chi connectivity index (χ3v) is 4.02. The highest BCUT2D eigenvalue weighted by Gasteiger charge is 2.09. The predicted molar refractivity (Wildman–Crippen MR) is 91.1 cm³/mol. The van der Waals surface area contributed by atoms with Crippen LogP contribution in [0.1, 0.15) is 21.5 Å². The largest absolute Gasteiger partial charge is 0.310 e. The van der Waals surface area contributed by atoms with Crippen LogP contribution in [0.15, 0.2) is 59.0 Å². The molecule has 6 heteroatoms. The second kappa shape index (κ2) is 6.58. The molecule has 0 aliphatic rings. The highest BCUT2D eigenvalue weighted by molar-refractivity contribution is 7.13. The van der Waals surface area contributed by atoms with Crippen molar-refractivity contribution < 1.29 is 4.79 Å². The Morgan fingerprint density at radius 1 is 1.30 bits per heavy atom. The van der Waals surface area contributed by atoms with Crippen LogP contribution in [-0.4, -0.2) is 15.5 Å². The fourth-order valence-electron chi connectivity index (χ4n) is 2.25. The number of aryl methyl sites for hydroxylation is 1. The number of amides is 1. The quantitative estimate of drug-likeness (QED) is 0.802. The zero-order valence-corrected chi connectivity index (χ0v) is 13.3. The lowest BCUT2D eigenvalue weighted by Gasteiger charge is -2.09. The molecule has 23 heavy (non-hydrogen) atoms. The molecule has 0 aliphatic carbocycles. The van der Waals surface area contributed by atoms with Gasteiger partial charge in [-0.2, -0.15) is 0 Å². The van der Waals surface area contributed by atoms with Crippen molar-refractivity contribution >= 4 is 22.4 Å². The van der Waals surface area contributed by atoms with Crippen molar-refractivity contribution in [3.05, 3.63) is 81.2 Å². The third-order valence-electron chi connectivity index (χ3n) is 3.33. The molecule has 0 bridgehead atoms. The molecule has 0 saturated carbocycles. The summed E-state index contributed by atoms with van der Waals surface area (Å²) < 4.78 is 1.53. The predicted octanol–water partition coefficient (Wildman–Crippen LogP) is 2.91. The summed E-state index contributed by atoms with van der Waals surface area (Å²) in [5.41, 5.74) is 2.43. The monoisotopic (exact) mass is 325 g/mol. The van der Waals surface area contributed by atoms with Crippen molar-refractivity contribution in [3.8, 4) is 0 Å². The van der Waals surface area contributed by atoms with Crippen LogP contribution in [0.4, 0.5) is 5.13 Å². The van der Waals surface area contributed by atoms with E-state index in [0.717, 1.165) is 11.1 Å². The number of thiazole rings is 1. The Bertz CT molecular complexity index is 885. The molecule has 0 unspecified atom stereocenters. The molecule has 0 spiro atoms. The summed E-state index contributed by atoms with van der Waals surface area (Å²) in [6.07, 6.45) is 3.20. The van der Waals surface area contributed by atoms with Crippen molar-refractivity contribution in [2.24, 2.45) is 0 Å². The van der Waals surface area contributed by atoms with E-state index in [4.69, 9.17) is 0 Å². The molecule has 3 rings (SSSR count). The molecular weight excluding hydrogens is 310 g/mol. The lowest BCUT2D eigenvalue weighted by atomic mass is 10.1. The van der Waals surface area contributed by atoms with Gasteiger partial charge in [-0.25, -0.2) is 4.98 Å². The summed E-state index contributed by atoms with van der Waals surface area (Å²) in [4.78, 5) is 28.3. The minimum atomic E-state index is -0.280. The van der Waals surface area contributed by atoms with Gasteiger partial charge in [0.05, 0.1) is 12.1 Å². The Labute approximate surface area is 137 Å². The normalized spacial score (nSPS) is 10.5. The average Bonchev–Trinajstić information content (AvgIpc) is 3.02. The maximum Gasteiger partial charge on any atom is 0.258 e. The number of pyridine rings is 1. The summed E-state index contributed by atoms with van der Waals surface area (Å²) in [6.45, 7) is 2.43. The fraction of sp³-hybridized carbons (Fsp3) is 0.118. The van der Waals surface area contributed by atoms with E-state index in [9.17, 15) is 9.59 Å². The van der Waals surface area contributed by atoms with Crippen molar-refractivity contribution in [1.29, 1.82) is 0 Å². The van der Waals surface area contributed by atoms with Gasteiger partial charge in [-0.15, -0.1) is 11.3 Å². The molecular formula is C17H15N3O2S. The molecule has 0 radical (unpaired) electrons. The van der Waals surface area contributed by atoms with Gasteiger partial charge in [-0.1, -0.05) is 29.8 Å². The molecule has 5 nitrogen and oxygen atoms in total. The van der Waals surface area contributed by atoms with Crippen LogP contribution >= 0.6 is 11.3 Å². The van der Waals surface area contributed by atoms with Gasteiger partial charge >= 0.3 is 0 Å². The van der Waals surface area contributed by atoms with Gasteiger partial charge in [0.2, 0.25) is 0 Å². The standard InChI is InChI=1S/C17H15N3O2S/c1-12-3-2-4-13(9-12)10-20-11-14(5-6-15(20)21)16(22)19-17-18-7-8-23-17/h2-9,11H,10H2,1H3,(H,18,19,22). The summed E-state index contributed by atoms with van der Waals surface area (Å²) >= 11 is 1.35.